The van der Waals surface area contributed by atoms with Gasteiger partial charge in [-0.25, -0.2) is 8.78 Å². The number of aliphatic hydroxyl groups excluding tert-OH is 1. The summed E-state index contributed by atoms with van der Waals surface area (Å²) in [5.74, 6) is -1.46. The minimum Gasteiger partial charge on any atom is -0.396 e. The zero-order chi connectivity index (χ0) is 17.3. The number of aliphatic hydroxyl groups is 1. The zero-order valence-electron chi connectivity index (χ0n) is 13.3. The molecule has 2 aliphatic rings. The van der Waals surface area contributed by atoms with Gasteiger partial charge in [-0.05, 0) is 43.2 Å². The third kappa shape index (κ3) is 3.34. The standard InChI is InChI=1S/C18H21F2NO3/c19-12-3-4-13(15(20)8-12)16(23)5-6-17(24)21-18-11-2-1-10(7-11)14(18)9-22/h3-4,8,10-11,14,18,22H,1-2,5-7,9H2,(H,21,24). The molecule has 0 aromatic heterocycles. The van der Waals surface area contributed by atoms with E-state index < -0.39 is 17.4 Å². The van der Waals surface area contributed by atoms with Crippen LogP contribution in [0.15, 0.2) is 18.2 Å². The first kappa shape index (κ1) is 17.0. The van der Waals surface area contributed by atoms with Gasteiger partial charge in [0.05, 0.1) is 5.56 Å². The molecule has 0 radical (unpaired) electrons. The average Bonchev–Trinajstić information content (AvgIpc) is 3.13. The summed E-state index contributed by atoms with van der Waals surface area (Å²) in [4.78, 5) is 24.1. The zero-order valence-corrected chi connectivity index (χ0v) is 13.3. The van der Waals surface area contributed by atoms with Crippen molar-refractivity contribution in [1.82, 2.24) is 5.32 Å². The number of nitrogens with one attached hydrogen (secondary N) is 1. The van der Waals surface area contributed by atoms with E-state index in [9.17, 15) is 23.5 Å². The average molecular weight is 337 g/mol. The highest BCUT2D eigenvalue weighted by Crippen LogP contribution is 2.48. The first-order valence-corrected chi connectivity index (χ1v) is 8.38. The smallest absolute Gasteiger partial charge is 0.220 e. The molecule has 24 heavy (non-hydrogen) atoms. The summed E-state index contributed by atoms with van der Waals surface area (Å²) < 4.78 is 26.4. The molecule has 0 aliphatic heterocycles. The predicted molar refractivity (Wildman–Crippen MR) is 83.3 cm³/mol. The van der Waals surface area contributed by atoms with E-state index in [0.717, 1.165) is 31.4 Å². The number of rotatable bonds is 6. The van der Waals surface area contributed by atoms with Crippen molar-refractivity contribution < 1.29 is 23.5 Å². The number of carbonyl (C=O) groups excluding carboxylic acids is 2. The van der Waals surface area contributed by atoms with E-state index in [1.807, 2.05) is 0 Å². The minimum atomic E-state index is -0.908. The van der Waals surface area contributed by atoms with E-state index >= 15 is 0 Å². The molecule has 0 spiro atoms. The molecule has 1 aromatic rings. The van der Waals surface area contributed by atoms with Crippen molar-refractivity contribution in [1.29, 1.82) is 0 Å². The van der Waals surface area contributed by atoms with Crippen LogP contribution in [-0.2, 0) is 4.79 Å². The molecule has 4 unspecified atom stereocenters. The lowest BCUT2D eigenvalue weighted by Crippen LogP contribution is -2.45. The summed E-state index contributed by atoms with van der Waals surface area (Å²) in [6.07, 6.45) is 3.03. The lowest BCUT2D eigenvalue weighted by atomic mass is 9.85. The topological polar surface area (TPSA) is 66.4 Å². The molecule has 4 nitrogen and oxygen atoms in total. The van der Waals surface area contributed by atoms with Crippen LogP contribution >= 0.6 is 0 Å². The highest BCUT2D eigenvalue weighted by Gasteiger charge is 2.47. The van der Waals surface area contributed by atoms with Crippen molar-refractivity contribution in [2.75, 3.05) is 6.61 Å². The Hall–Kier alpha value is -1.82. The number of carbonyl (C=O) groups is 2. The van der Waals surface area contributed by atoms with Crippen molar-refractivity contribution in [3.05, 3.63) is 35.4 Å². The van der Waals surface area contributed by atoms with E-state index in [2.05, 4.69) is 5.32 Å². The van der Waals surface area contributed by atoms with E-state index in [0.29, 0.717) is 17.9 Å². The first-order chi connectivity index (χ1) is 11.5. The highest BCUT2D eigenvalue weighted by molar-refractivity contribution is 5.98. The van der Waals surface area contributed by atoms with Gasteiger partial charge in [0.25, 0.3) is 0 Å². The van der Waals surface area contributed by atoms with Crippen LogP contribution in [0.1, 0.15) is 42.5 Å². The van der Waals surface area contributed by atoms with E-state index in [1.54, 1.807) is 0 Å². The second-order valence-corrected chi connectivity index (χ2v) is 6.82. The number of fused-ring (bicyclic) bond motifs is 2. The van der Waals surface area contributed by atoms with Crippen molar-refractivity contribution >= 4 is 11.7 Å². The summed E-state index contributed by atoms with van der Waals surface area (Å²) >= 11 is 0. The molecule has 2 fully saturated rings. The molecule has 1 amide bonds. The molecule has 2 saturated carbocycles. The number of Topliss-reactive ketones (excluding diaryl/α,β-unsaturated/α-hetero) is 1. The van der Waals surface area contributed by atoms with Crippen LogP contribution < -0.4 is 5.32 Å². The van der Waals surface area contributed by atoms with Gasteiger partial charge in [0, 0.05) is 37.5 Å². The number of halogens is 2. The molecule has 2 N–H and O–H groups in total. The second-order valence-electron chi connectivity index (χ2n) is 6.82. The van der Waals surface area contributed by atoms with Crippen LogP contribution in [0.5, 0.6) is 0 Å². The molecule has 0 heterocycles. The second kappa shape index (κ2) is 6.97. The monoisotopic (exact) mass is 337 g/mol. The van der Waals surface area contributed by atoms with Gasteiger partial charge in [0.2, 0.25) is 5.91 Å². The fraction of sp³-hybridized carbons (Fsp3) is 0.556. The Labute approximate surface area is 139 Å². The van der Waals surface area contributed by atoms with Gasteiger partial charge in [-0.3, -0.25) is 9.59 Å². The lowest BCUT2D eigenvalue weighted by Gasteiger charge is -2.30. The van der Waals surface area contributed by atoms with Gasteiger partial charge in [0.15, 0.2) is 5.78 Å². The van der Waals surface area contributed by atoms with Gasteiger partial charge < -0.3 is 10.4 Å². The molecule has 2 aliphatic carbocycles. The Morgan fingerprint density at radius 3 is 2.62 bits per heavy atom. The number of amides is 1. The summed E-state index contributed by atoms with van der Waals surface area (Å²) in [7, 11) is 0. The Bertz CT molecular complexity index is 649. The van der Waals surface area contributed by atoms with Crippen molar-refractivity contribution in [3.8, 4) is 0 Å². The van der Waals surface area contributed by atoms with E-state index in [-0.39, 0.29) is 42.9 Å². The molecule has 130 valence electrons. The molecular weight excluding hydrogens is 316 g/mol. The molecular formula is C18H21F2NO3. The summed E-state index contributed by atoms with van der Waals surface area (Å²) in [5, 5.41) is 12.5. The van der Waals surface area contributed by atoms with Crippen LogP contribution in [0, 0.1) is 29.4 Å². The Morgan fingerprint density at radius 1 is 1.17 bits per heavy atom. The summed E-state index contributed by atoms with van der Waals surface area (Å²) in [6.45, 7) is 0.0613. The number of benzene rings is 1. The third-order valence-electron chi connectivity index (χ3n) is 5.44. The number of ketones is 1. The van der Waals surface area contributed by atoms with Gasteiger partial charge in [-0.2, -0.15) is 0 Å². The largest absolute Gasteiger partial charge is 0.396 e. The molecule has 2 bridgehead atoms. The summed E-state index contributed by atoms with van der Waals surface area (Å²) in [6, 6.07) is 2.76. The van der Waals surface area contributed by atoms with Crippen LogP contribution in [0.4, 0.5) is 8.78 Å². The fourth-order valence-corrected chi connectivity index (χ4v) is 4.23. The third-order valence-corrected chi connectivity index (χ3v) is 5.44. The number of hydrogen-bond donors (Lipinski definition) is 2. The predicted octanol–water partition coefficient (Wildman–Crippen LogP) is 2.45. The Balaban J connectivity index is 1.53. The SMILES string of the molecule is O=C(CCC(=O)c1ccc(F)cc1F)NC1C2CCC(C2)C1CO. The molecule has 0 saturated heterocycles. The minimum absolute atomic E-state index is 0.0288. The molecule has 4 atom stereocenters. The number of hydrogen-bond acceptors (Lipinski definition) is 3. The normalized spacial score (nSPS) is 28.1. The van der Waals surface area contributed by atoms with Gasteiger partial charge in [0.1, 0.15) is 11.6 Å². The Kier molecular flexibility index (Phi) is 4.94. The van der Waals surface area contributed by atoms with Gasteiger partial charge in [-0.15, -0.1) is 0 Å². The maximum atomic E-state index is 13.6. The van der Waals surface area contributed by atoms with Crippen molar-refractivity contribution in [3.63, 3.8) is 0 Å². The maximum Gasteiger partial charge on any atom is 0.220 e. The van der Waals surface area contributed by atoms with Crippen LogP contribution in [0.3, 0.4) is 0 Å². The van der Waals surface area contributed by atoms with E-state index in [4.69, 9.17) is 0 Å². The van der Waals surface area contributed by atoms with E-state index in [1.165, 1.54) is 0 Å². The molecule has 6 heteroatoms. The molecule has 3 rings (SSSR count). The van der Waals surface area contributed by atoms with Crippen LogP contribution in [0.25, 0.3) is 0 Å². The highest BCUT2D eigenvalue weighted by atomic mass is 19.1. The van der Waals surface area contributed by atoms with Crippen molar-refractivity contribution in [2.45, 2.75) is 38.1 Å². The summed E-state index contributed by atoms with van der Waals surface area (Å²) in [5.41, 5.74) is -0.197. The van der Waals surface area contributed by atoms with Gasteiger partial charge in [-0.1, -0.05) is 0 Å². The lowest BCUT2D eigenvalue weighted by molar-refractivity contribution is -0.122. The maximum absolute atomic E-state index is 13.6. The Morgan fingerprint density at radius 2 is 1.92 bits per heavy atom. The van der Waals surface area contributed by atoms with Crippen molar-refractivity contribution in [2.24, 2.45) is 17.8 Å². The van der Waals surface area contributed by atoms with Crippen LogP contribution in [-0.4, -0.2) is 29.4 Å². The van der Waals surface area contributed by atoms with Crippen LogP contribution in [0.2, 0.25) is 0 Å². The quantitative estimate of drug-likeness (QED) is 0.784. The first-order valence-electron chi connectivity index (χ1n) is 8.38. The fourth-order valence-electron chi connectivity index (χ4n) is 4.23. The molecule has 1 aromatic carbocycles. The van der Waals surface area contributed by atoms with Gasteiger partial charge >= 0.3 is 0 Å².